The smallest absolute Gasteiger partial charge is 0.256 e. The van der Waals surface area contributed by atoms with Gasteiger partial charge < -0.3 is 15.4 Å². The first kappa shape index (κ1) is 20.3. The minimum Gasteiger partial charge on any atom is -0.398 e. The van der Waals surface area contributed by atoms with Crippen LogP contribution in [-0.2, 0) is 11.2 Å². The molecular weight excluding hydrogens is 348 g/mol. The molecule has 4 nitrogen and oxygen atoms in total. The van der Waals surface area contributed by atoms with Gasteiger partial charge in [0.2, 0.25) is 0 Å². The number of aryl methyl sites for hydroxylation is 1. The largest absolute Gasteiger partial charge is 0.398 e. The number of nitrogens with two attached hydrogens (primary N) is 1. The lowest BCUT2D eigenvalue weighted by Crippen LogP contribution is -2.39. The van der Waals surface area contributed by atoms with E-state index in [-0.39, 0.29) is 24.4 Å². The Balaban J connectivity index is 0.00000243. The van der Waals surface area contributed by atoms with Crippen molar-refractivity contribution in [1.82, 2.24) is 4.90 Å². The Morgan fingerprint density at radius 2 is 1.92 bits per heavy atom. The minimum atomic E-state index is -0.0132. The number of anilines is 1. The highest BCUT2D eigenvalue weighted by Crippen LogP contribution is 2.18. The van der Waals surface area contributed by atoms with Gasteiger partial charge in [0.05, 0.1) is 11.7 Å². The standard InChI is InChI=1S/C21H26N2O2.ClH/c1-16-8-10-17(11-9-16)12-13-23(15-18-5-4-14-25-18)21(24)19-6-2-3-7-20(19)22;/h2-3,6-11,18H,4-5,12-15,22H2,1H3;1H. The lowest BCUT2D eigenvalue weighted by atomic mass is 10.1. The summed E-state index contributed by atoms with van der Waals surface area (Å²) in [4.78, 5) is 14.9. The number of ether oxygens (including phenoxy) is 1. The molecule has 0 saturated carbocycles. The molecular formula is C21H27ClN2O2. The van der Waals surface area contributed by atoms with Crippen molar-refractivity contribution in [3.63, 3.8) is 0 Å². The lowest BCUT2D eigenvalue weighted by Gasteiger charge is -2.26. The molecule has 2 N–H and O–H groups in total. The van der Waals surface area contributed by atoms with Crippen LogP contribution in [0.2, 0.25) is 0 Å². The van der Waals surface area contributed by atoms with Crippen molar-refractivity contribution in [1.29, 1.82) is 0 Å². The Labute approximate surface area is 161 Å². The van der Waals surface area contributed by atoms with Gasteiger partial charge in [0.15, 0.2) is 0 Å². The first-order chi connectivity index (χ1) is 12.1. The maximum Gasteiger partial charge on any atom is 0.256 e. The van der Waals surface area contributed by atoms with Crippen molar-refractivity contribution < 1.29 is 9.53 Å². The highest BCUT2D eigenvalue weighted by molar-refractivity contribution is 5.99. The number of carbonyl (C=O) groups is 1. The summed E-state index contributed by atoms with van der Waals surface area (Å²) in [6.07, 6.45) is 3.04. The number of benzene rings is 2. The quantitative estimate of drug-likeness (QED) is 0.781. The predicted octanol–water partition coefficient (Wildman–Crippen LogP) is 3.86. The van der Waals surface area contributed by atoms with E-state index in [0.717, 1.165) is 25.9 Å². The SMILES string of the molecule is Cc1ccc(CCN(CC2CCCO2)C(=O)c2ccccc2N)cc1.Cl. The van der Waals surface area contributed by atoms with Crippen LogP contribution >= 0.6 is 12.4 Å². The van der Waals surface area contributed by atoms with Gasteiger partial charge in [-0.25, -0.2) is 0 Å². The van der Waals surface area contributed by atoms with Crippen LogP contribution in [0.25, 0.3) is 0 Å². The second-order valence-electron chi connectivity index (χ2n) is 6.71. The number of nitrogens with zero attached hydrogens (tertiary/aromatic N) is 1. The van der Waals surface area contributed by atoms with Gasteiger partial charge in [-0.15, -0.1) is 12.4 Å². The van der Waals surface area contributed by atoms with Crippen molar-refractivity contribution in [3.05, 3.63) is 65.2 Å². The van der Waals surface area contributed by atoms with Crippen LogP contribution in [0.5, 0.6) is 0 Å². The van der Waals surface area contributed by atoms with E-state index in [4.69, 9.17) is 10.5 Å². The summed E-state index contributed by atoms with van der Waals surface area (Å²) in [5, 5.41) is 0. The Bertz CT molecular complexity index is 712. The fourth-order valence-electron chi connectivity index (χ4n) is 3.19. The molecule has 2 aromatic carbocycles. The maximum atomic E-state index is 13.0. The molecule has 0 spiro atoms. The summed E-state index contributed by atoms with van der Waals surface area (Å²) >= 11 is 0. The van der Waals surface area contributed by atoms with Gasteiger partial charge in [0.25, 0.3) is 5.91 Å². The zero-order valence-electron chi connectivity index (χ0n) is 15.2. The molecule has 1 saturated heterocycles. The zero-order valence-corrected chi connectivity index (χ0v) is 16.0. The molecule has 0 bridgehead atoms. The number of rotatable bonds is 6. The van der Waals surface area contributed by atoms with E-state index >= 15 is 0 Å². The summed E-state index contributed by atoms with van der Waals surface area (Å²) in [6.45, 7) is 4.16. The lowest BCUT2D eigenvalue weighted by molar-refractivity contribution is 0.0529. The molecule has 140 valence electrons. The van der Waals surface area contributed by atoms with Crippen LogP contribution in [0.4, 0.5) is 5.69 Å². The molecule has 0 aliphatic carbocycles. The number of hydrogen-bond donors (Lipinski definition) is 1. The van der Waals surface area contributed by atoms with Crippen LogP contribution < -0.4 is 5.73 Å². The summed E-state index contributed by atoms with van der Waals surface area (Å²) in [5.41, 5.74) is 9.59. The number of amides is 1. The van der Waals surface area contributed by atoms with Gasteiger partial charge in [0.1, 0.15) is 0 Å². The third-order valence-corrected chi connectivity index (χ3v) is 4.72. The first-order valence-electron chi connectivity index (χ1n) is 8.94. The highest BCUT2D eigenvalue weighted by atomic mass is 35.5. The van der Waals surface area contributed by atoms with E-state index in [1.54, 1.807) is 12.1 Å². The minimum absolute atomic E-state index is 0. The summed E-state index contributed by atoms with van der Waals surface area (Å²) < 4.78 is 5.74. The Morgan fingerprint density at radius 1 is 1.19 bits per heavy atom. The fourth-order valence-corrected chi connectivity index (χ4v) is 3.19. The maximum absolute atomic E-state index is 13.0. The normalized spacial score (nSPS) is 16.1. The number of halogens is 1. The van der Waals surface area contributed by atoms with Crippen molar-refractivity contribution >= 4 is 24.0 Å². The van der Waals surface area contributed by atoms with Crippen molar-refractivity contribution in [2.75, 3.05) is 25.4 Å². The van der Waals surface area contributed by atoms with Gasteiger partial charge >= 0.3 is 0 Å². The third-order valence-electron chi connectivity index (χ3n) is 4.72. The van der Waals surface area contributed by atoms with Crippen LogP contribution in [0.3, 0.4) is 0 Å². The second-order valence-corrected chi connectivity index (χ2v) is 6.71. The molecule has 1 amide bonds. The van der Waals surface area contributed by atoms with Gasteiger partial charge in [-0.3, -0.25) is 4.79 Å². The van der Waals surface area contributed by atoms with Crippen molar-refractivity contribution in [2.24, 2.45) is 0 Å². The highest BCUT2D eigenvalue weighted by Gasteiger charge is 2.24. The Hall–Kier alpha value is -2.04. The van der Waals surface area contributed by atoms with Crippen LogP contribution in [-0.4, -0.2) is 36.6 Å². The van der Waals surface area contributed by atoms with E-state index in [2.05, 4.69) is 31.2 Å². The fraction of sp³-hybridized carbons (Fsp3) is 0.381. The molecule has 1 fully saturated rings. The summed E-state index contributed by atoms with van der Waals surface area (Å²) in [7, 11) is 0. The topological polar surface area (TPSA) is 55.6 Å². The van der Waals surface area contributed by atoms with Crippen molar-refractivity contribution in [2.45, 2.75) is 32.3 Å². The van der Waals surface area contributed by atoms with E-state index in [0.29, 0.717) is 24.3 Å². The number of para-hydroxylation sites is 1. The van der Waals surface area contributed by atoms with Crippen LogP contribution in [0.1, 0.15) is 34.3 Å². The first-order valence-corrected chi connectivity index (χ1v) is 8.94. The monoisotopic (exact) mass is 374 g/mol. The number of nitrogen functional groups attached to an aromatic ring is 1. The van der Waals surface area contributed by atoms with Crippen molar-refractivity contribution in [3.8, 4) is 0 Å². The zero-order chi connectivity index (χ0) is 17.6. The molecule has 1 heterocycles. The molecule has 3 rings (SSSR count). The van der Waals surface area contributed by atoms with E-state index in [1.165, 1.54) is 11.1 Å². The summed E-state index contributed by atoms with van der Waals surface area (Å²) in [6, 6.07) is 15.7. The van der Waals surface area contributed by atoms with Gasteiger partial charge in [-0.2, -0.15) is 0 Å². The predicted molar refractivity (Wildman–Crippen MR) is 108 cm³/mol. The van der Waals surface area contributed by atoms with Crippen LogP contribution in [0, 0.1) is 6.92 Å². The molecule has 5 heteroatoms. The molecule has 2 aromatic rings. The molecule has 0 aromatic heterocycles. The molecule has 1 atom stereocenters. The number of carbonyl (C=O) groups excluding carboxylic acids is 1. The van der Waals surface area contributed by atoms with Gasteiger partial charge in [0, 0.05) is 25.4 Å². The second kappa shape index (κ2) is 9.60. The average Bonchev–Trinajstić information content (AvgIpc) is 3.13. The Morgan fingerprint density at radius 3 is 2.58 bits per heavy atom. The average molecular weight is 375 g/mol. The van der Waals surface area contributed by atoms with E-state index in [1.807, 2.05) is 17.0 Å². The van der Waals surface area contributed by atoms with E-state index in [9.17, 15) is 4.79 Å². The summed E-state index contributed by atoms with van der Waals surface area (Å²) in [5.74, 6) is -0.0132. The molecule has 1 unspecified atom stereocenters. The molecule has 26 heavy (non-hydrogen) atoms. The third kappa shape index (κ3) is 5.23. The molecule has 0 radical (unpaired) electrons. The van der Waals surface area contributed by atoms with Crippen LogP contribution in [0.15, 0.2) is 48.5 Å². The van der Waals surface area contributed by atoms with E-state index < -0.39 is 0 Å². The molecule has 1 aliphatic rings. The Kier molecular flexibility index (Phi) is 7.49. The molecule has 1 aliphatic heterocycles. The van der Waals surface area contributed by atoms with Gasteiger partial charge in [-0.1, -0.05) is 42.0 Å². The van der Waals surface area contributed by atoms with Gasteiger partial charge in [-0.05, 0) is 43.9 Å². The number of hydrogen-bond acceptors (Lipinski definition) is 3.